The standard InChI is InChI=1S/C7H12N2O/c1-6(5-8-3)9(4)7(2)10/h6H,5H2,1-2,4H3. The van der Waals surface area contributed by atoms with E-state index >= 15 is 0 Å². The van der Waals surface area contributed by atoms with Gasteiger partial charge in [0, 0.05) is 14.0 Å². The lowest BCUT2D eigenvalue weighted by molar-refractivity contribution is -0.128. The summed E-state index contributed by atoms with van der Waals surface area (Å²) in [6, 6.07) is 0.0370. The molecule has 0 aromatic carbocycles. The SMILES string of the molecule is [C-]#[N+]CC(C)N(C)C(C)=O. The predicted octanol–water partition coefficient (Wildman–Crippen LogP) is 0.772. The number of amides is 1. The maximum Gasteiger partial charge on any atom is 0.234 e. The van der Waals surface area contributed by atoms with Gasteiger partial charge < -0.3 is 9.74 Å². The number of hydrogen-bond donors (Lipinski definition) is 0. The van der Waals surface area contributed by atoms with E-state index in [1.165, 1.54) is 6.92 Å². The highest BCUT2D eigenvalue weighted by Crippen LogP contribution is 1.95. The predicted molar refractivity (Wildman–Crippen MR) is 39.4 cm³/mol. The zero-order valence-electron chi connectivity index (χ0n) is 6.59. The van der Waals surface area contributed by atoms with Gasteiger partial charge in [-0.1, -0.05) is 0 Å². The van der Waals surface area contributed by atoms with Crippen LogP contribution in [-0.4, -0.2) is 30.4 Å². The van der Waals surface area contributed by atoms with E-state index < -0.39 is 0 Å². The van der Waals surface area contributed by atoms with Crippen LogP contribution in [0.5, 0.6) is 0 Å². The van der Waals surface area contributed by atoms with Crippen LogP contribution in [0.25, 0.3) is 4.85 Å². The number of carbonyl (C=O) groups excluding carboxylic acids is 1. The van der Waals surface area contributed by atoms with Gasteiger partial charge in [0.05, 0.1) is 0 Å². The van der Waals surface area contributed by atoms with Crippen LogP contribution < -0.4 is 0 Å². The van der Waals surface area contributed by atoms with Crippen molar-refractivity contribution in [3.8, 4) is 0 Å². The van der Waals surface area contributed by atoms with Crippen LogP contribution in [0, 0.1) is 6.57 Å². The van der Waals surface area contributed by atoms with E-state index in [0.29, 0.717) is 6.54 Å². The molecule has 0 aliphatic carbocycles. The lowest BCUT2D eigenvalue weighted by Gasteiger charge is -2.18. The Morgan fingerprint density at radius 3 is 2.60 bits per heavy atom. The van der Waals surface area contributed by atoms with Crippen LogP contribution in [0.2, 0.25) is 0 Å². The molecule has 0 saturated carbocycles. The summed E-state index contributed by atoms with van der Waals surface area (Å²) in [5.41, 5.74) is 0. The lowest BCUT2D eigenvalue weighted by Crippen LogP contribution is -2.34. The van der Waals surface area contributed by atoms with Gasteiger partial charge in [-0.05, 0) is 6.92 Å². The molecule has 0 N–H and O–H groups in total. The van der Waals surface area contributed by atoms with Gasteiger partial charge in [-0.15, -0.1) is 0 Å². The smallest absolute Gasteiger partial charge is 0.234 e. The summed E-state index contributed by atoms with van der Waals surface area (Å²) >= 11 is 0. The summed E-state index contributed by atoms with van der Waals surface area (Å²) < 4.78 is 0. The van der Waals surface area contributed by atoms with Crippen LogP contribution in [-0.2, 0) is 4.79 Å². The first kappa shape index (κ1) is 8.96. The second-order valence-electron chi connectivity index (χ2n) is 2.32. The van der Waals surface area contributed by atoms with Crippen molar-refractivity contribution in [2.45, 2.75) is 19.9 Å². The lowest BCUT2D eigenvalue weighted by atomic mass is 10.3. The number of rotatable bonds is 2. The molecule has 1 unspecified atom stereocenters. The molecule has 0 spiro atoms. The monoisotopic (exact) mass is 140 g/mol. The summed E-state index contributed by atoms with van der Waals surface area (Å²) in [5.74, 6) is 0.0103. The molecule has 3 heteroatoms. The molecule has 3 nitrogen and oxygen atoms in total. The van der Waals surface area contributed by atoms with E-state index in [0.717, 1.165) is 0 Å². The molecule has 0 aromatic rings. The fourth-order valence-electron chi connectivity index (χ4n) is 0.565. The third kappa shape index (κ3) is 2.49. The van der Waals surface area contributed by atoms with E-state index in [1.807, 2.05) is 6.92 Å². The largest absolute Gasteiger partial charge is 0.336 e. The maximum atomic E-state index is 10.7. The van der Waals surface area contributed by atoms with Gasteiger partial charge in [0.2, 0.25) is 12.5 Å². The van der Waals surface area contributed by atoms with Crippen molar-refractivity contribution in [3.05, 3.63) is 11.4 Å². The average molecular weight is 140 g/mol. The Bertz CT molecular complexity index is 159. The molecule has 0 saturated heterocycles. The summed E-state index contributed by atoms with van der Waals surface area (Å²) in [5, 5.41) is 0. The molecule has 10 heavy (non-hydrogen) atoms. The second kappa shape index (κ2) is 3.89. The highest BCUT2D eigenvalue weighted by Gasteiger charge is 2.12. The minimum Gasteiger partial charge on any atom is -0.336 e. The van der Waals surface area contributed by atoms with Gasteiger partial charge >= 0.3 is 0 Å². The zero-order valence-corrected chi connectivity index (χ0v) is 6.59. The number of likely N-dealkylation sites (N-methyl/N-ethyl adjacent to an activating group) is 1. The summed E-state index contributed by atoms with van der Waals surface area (Å²) in [6.45, 7) is 10.3. The molecule has 0 aromatic heterocycles. The van der Waals surface area contributed by atoms with Crippen molar-refractivity contribution in [1.29, 1.82) is 0 Å². The number of nitrogens with zero attached hydrogens (tertiary/aromatic N) is 2. The van der Waals surface area contributed by atoms with E-state index in [4.69, 9.17) is 6.57 Å². The molecule has 0 rings (SSSR count). The van der Waals surface area contributed by atoms with Crippen molar-refractivity contribution in [2.24, 2.45) is 0 Å². The molecule has 0 heterocycles. The van der Waals surface area contributed by atoms with Crippen LogP contribution in [0.15, 0.2) is 0 Å². The van der Waals surface area contributed by atoms with Crippen molar-refractivity contribution in [3.63, 3.8) is 0 Å². The second-order valence-corrected chi connectivity index (χ2v) is 2.32. The van der Waals surface area contributed by atoms with Crippen LogP contribution in [0.4, 0.5) is 0 Å². The topological polar surface area (TPSA) is 24.7 Å². The minimum absolute atomic E-state index is 0.0103. The van der Waals surface area contributed by atoms with Gasteiger partial charge in [0.25, 0.3) is 0 Å². The molecule has 56 valence electrons. The van der Waals surface area contributed by atoms with Crippen molar-refractivity contribution in [2.75, 3.05) is 13.6 Å². The first-order chi connectivity index (χ1) is 4.59. The quantitative estimate of drug-likeness (QED) is 0.520. The van der Waals surface area contributed by atoms with Crippen LogP contribution in [0.3, 0.4) is 0 Å². The molecule has 0 aliphatic rings. The van der Waals surface area contributed by atoms with E-state index in [1.54, 1.807) is 11.9 Å². The third-order valence-corrected chi connectivity index (χ3v) is 1.51. The van der Waals surface area contributed by atoms with E-state index in [9.17, 15) is 4.79 Å². The zero-order chi connectivity index (χ0) is 8.15. The molecule has 0 bridgehead atoms. The Hall–Kier alpha value is -1.04. The van der Waals surface area contributed by atoms with Crippen molar-refractivity contribution >= 4 is 5.91 Å². The molecule has 0 radical (unpaired) electrons. The Balaban J connectivity index is 3.84. The van der Waals surface area contributed by atoms with Crippen molar-refractivity contribution in [1.82, 2.24) is 4.90 Å². The molecular weight excluding hydrogens is 128 g/mol. The first-order valence-electron chi connectivity index (χ1n) is 3.16. The summed E-state index contributed by atoms with van der Waals surface area (Å²) in [4.78, 5) is 15.4. The molecule has 1 amide bonds. The van der Waals surface area contributed by atoms with Crippen LogP contribution >= 0.6 is 0 Å². The Kier molecular flexibility index (Phi) is 3.48. The van der Waals surface area contributed by atoms with Crippen LogP contribution in [0.1, 0.15) is 13.8 Å². The summed E-state index contributed by atoms with van der Waals surface area (Å²) in [7, 11) is 1.71. The third-order valence-electron chi connectivity index (χ3n) is 1.51. The Morgan fingerprint density at radius 1 is 1.80 bits per heavy atom. The minimum atomic E-state index is 0.0103. The molecular formula is C7H12N2O. The normalized spacial score (nSPS) is 11.8. The first-order valence-corrected chi connectivity index (χ1v) is 3.16. The molecule has 1 atom stereocenters. The average Bonchev–Trinajstić information content (AvgIpc) is 1.87. The molecule has 0 fully saturated rings. The van der Waals surface area contributed by atoms with E-state index in [-0.39, 0.29) is 11.9 Å². The molecule has 0 aliphatic heterocycles. The van der Waals surface area contributed by atoms with Gasteiger partial charge in [-0.25, -0.2) is 6.57 Å². The maximum absolute atomic E-state index is 10.7. The Morgan fingerprint density at radius 2 is 2.30 bits per heavy atom. The van der Waals surface area contributed by atoms with Gasteiger partial charge in [-0.3, -0.25) is 4.79 Å². The van der Waals surface area contributed by atoms with Gasteiger partial charge in [-0.2, -0.15) is 0 Å². The van der Waals surface area contributed by atoms with E-state index in [2.05, 4.69) is 4.85 Å². The highest BCUT2D eigenvalue weighted by molar-refractivity contribution is 5.73. The number of hydrogen-bond acceptors (Lipinski definition) is 1. The van der Waals surface area contributed by atoms with Crippen molar-refractivity contribution < 1.29 is 4.79 Å². The summed E-state index contributed by atoms with van der Waals surface area (Å²) in [6.07, 6.45) is 0. The van der Waals surface area contributed by atoms with Gasteiger partial charge in [0.1, 0.15) is 6.04 Å². The fourth-order valence-corrected chi connectivity index (χ4v) is 0.565. The number of carbonyl (C=O) groups is 1. The fraction of sp³-hybridized carbons (Fsp3) is 0.714. The highest BCUT2D eigenvalue weighted by atomic mass is 16.2. The Labute approximate surface area is 61.5 Å². The van der Waals surface area contributed by atoms with Gasteiger partial charge in [0.15, 0.2) is 0 Å².